The molecule has 0 spiro atoms. The molecule has 0 unspecified atom stereocenters. The van der Waals surface area contributed by atoms with Crippen LogP contribution >= 0.6 is 23.5 Å². The Morgan fingerprint density at radius 2 is 1.30 bits per heavy atom. The van der Waals surface area contributed by atoms with E-state index in [2.05, 4.69) is 5.32 Å². The molecule has 0 radical (unpaired) electrons. The summed E-state index contributed by atoms with van der Waals surface area (Å²) >= 11 is 2.81. The molecule has 0 aliphatic rings. The molecule has 3 aromatic carbocycles. The molecular formula is C23H21N3O5S2. The van der Waals surface area contributed by atoms with Crippen LogP contribution in [0.1, 0.15) is 17.5 Å². The van der Waals surface area contributed by atoms with Crippen molar-refractivity contribution < 1.29 is 14.6 Å². The fraction of sp³-hybridized carbons (Fsp3) is 0.174. The number of anilines is 1. The molecule has 0 saturated heterocycles. The average Bonchev–Trinajstić information content (AvgIpc) is 2.77. The number of hydrogen-bond donors (Lipinski definition) is 1. The molecule has 8 nitrogen and oxygen atoms in total. The number of nitro groups is 2. The molecule has 33 heavy (non-hydrogen) atoms. The molecule has 3 aromatic rings. The van der Waals surface area contributed by atoms with Gasteiger partial charge < -0.3 is 5.32 Å². The van der Waals surface area contributed by atoms with E-state index in [9.17, 15) is 25.0 Å². The van der Waals surface area contributed by atoms with Gasteiger partial charge in [0.1, 0.15) is 0 Å². The number of aryl methyl sites for hydroxylation is 2. The Morgan fingerprint density at radius 3 is 1.73 bits per heavy atom. The third-order valence-electron chi connectivity index (χ3n) is 4.77. The average molecular weight is 484 g/mol. The Kier molecular flexibility index (Phi) is 8.07. The number of nitrogens with one attached hydrogen (secondary N) is 1. The summed E-state index contributed by atoms with van der Waals surface area (Å²) in [5, 5.41) is 24.7. The maximum Gasteiger partial charge on any atom is 0.269 e. The maximum atomic E-state index is 12.8. The first-order valence-electron chi connectivity index (χ1n) is 9.90. The summed E-state index contributed by atoms with van der Waals surface area (Å²) < 4.78 is -0.264. The summed E-state index contributed by atoms with van der Waals surface area (Å²) in [6.45, 7) is 3.97. The van der Waals surface area contributed by atoms with Gasteiger partial charge in [-0.3, -0.25) is 25.0 Å². The van der Waals surface area contributed by atoms with Crippen LogP contribution in [0.5, 0.6) is 0 Å². The highest BCUT2D eigenvalue weighted by molar-refractivity contribution is 8.17. The van der Waals surface area contributed by atoms with Gasteiger partial charge >= 0.3 is 0 Å². The third kappa shape index (κ3) is 7.06. The van der Waals surface area contributed by atoms with Crippen LogP contribution in [0.3, 0.4) is 0 Å². The van der Waals surface area contributed by atoms with Gasteiger partial charge in [0.05, 0.1) is 14.4 Å². The Labute approximate surface area is 199 Å². The molecule has 0 fully saturated rings. The van der Waals surface area contributed by atoms with E-state index in [1.165, 1.54) is 47.8 Å². The van der Waals surface area contributed by atoms with Gasteiger partial charge in [-0.1, -0.05) is 6.07 Å². The Bertz CT molecular complexity index is 1110. The van der Waals surface area contributed by atoms with Crippen LogP contribution < -0.4 is 5.32 Å². The lowest BCUT2D eigenvalue weighted by Crippen LogP contribution is -2.16. The van der Waals surface area contributed by atoms with Gasteiger partial charge in [0.25, 0.3) is 11.4 Å². The van der Waals surface area contributed by atoms with Crippen molar-refractivity contribution in [3.05, 3.63) is 98.1 Å². The Hall–Kier alpha value is -3.37. The number of nitrogens with zero attached hydrogens (tertiary/aromatic N) is 2. The normalized spacial score (nSPS) is 10.8. The van der Waals surface area contributed by atoms with E-state index in [1.807, 2.05) is 32.0 Å². The molecule has 1 N–H and O–H groups in total. The summed E-state index contributed by atoms with van der Waals surface area (Å²) in [7, 11) is 0. The molecule has 0 aromatic heterocycles. The van der Waals surface area contributed by atoms with Crippen LogP contribution in [0.15, 0.2) is 76.5 Å². The highest BCUT2D eigenvalue weighted by Gasteiger charge is 2.19. The van der Waals surface area contributed by atoms with Crippen LogP contribution in [0.4, 0.5) is 17.1 Å². The fourth-order valence-electron chi connectivity index (χ4n) is 2.89. The van der Waals surface area contributed by atoms with Crippen molar-refractivity contribution in [2.45, 2.75) is 34.6 Å². The van der Waals surface area contributed by atoms with Crippen molar-refractivity contribution in [1.29, 1.82) is 0 Å². The van der Waals surface area contributed by atoms with Gasteiger partial charge in [0.15, 0.2) is 0 Å². The fourth-order valence-corrected chi connectivity index (χ4v) is 5.41. The molecule has 0 atom stereocenters. The van der Waals surface area contributed by atoms with Gasteiger partial charge in [0, 0.05) is 46.2 Å². The van der Waals surface area contributed by atoms with Crippen molar-refractivity contribution in [2.24, 2.45) is 0 Å². The number of carbonyl (C=O) groups is 1. The first-order valence-corrected chi connectivity index (χ1v) is 11.7. The number of benzene rings is 3. The van der Waals surface area contributed by atoms with E-state index in [0.717, 1.165) is 20.9 Å². The zero-order valence-electron chi connectivity index (χ0n) is 17.9. The van der Waals surface area contributed by atoms with Crippen molar-refractivity contribution in [1.82, 2.24) is 0 Å². The largest absolute Gasteiger partial charge is 0.326 e. The summed E-state index contributed by atoms with van der Waals surface area (Å²) in [4.78, 5) is 35.2. The number of hydrogen-bond acceptors (Lipinski definition) is 7. The van der Waals surface area contributed by atoms with Crippen LogP contribution in [-0.4, -0.2) is 20.3 Å². The van der Waals surface area contributed by atoms with Crippen molar-refractivity contribution in [2.75, 3.05) is 5.32 Å². The second-order valence-corrected chi connectivity index (χ2v) is 10.1. The molecule has 10 heteroatoms. The predicted molar refractivity (Wildman–Crippen MR) is 131 cm³/mol. The van der Waals surface area contributed by atoms with Gasteiger partial charge in [0.2, 0.25) is 5.91 Å². The lowest BCUT2D eigenvalue weighted by molar-refractivity contribution is -0.385. The summed E-state index contributed by atoms with van der Waals surface area (Å²) in [5.74, 6) is -0.174. The van der Waals surface area contributed by atoms with Crippen LogP contribution in [0.25, 0.3) is 0 Å². The highest BCUT2D eigenvalue weighted by Crippen LogP contribution is 2.38. The van der Waals surface area contributed by atoms with Crippen molar-refractivity contribution in [3.8, 4) is 0 Å². The van der Waals surface area contributed by atoms with Crippen LogP contribution in [0, 0.1) is 34.1 Å². The van der Waals surface area contributed by atoms with Gasteiger partial charge in [-0.15, -0.1) is 23.5 Å². The quantitative estimate of drug-likeness (QED) is 0.163. The van der Waals surface area contributed by atoms with E-state index in [0.29, 0.717) is 5.69 Å². The predicted octanol–water partition coefficient (Wildman–Crippen LogP) is 6.36. The van der Waals surface area contributed by atoms with E-state index in [4.69, 9.17) is 0 Å². The summed E-state index contributed by atoms with van der Waals surface area (Å²) in [6.07, 6.45) is 0.163. The highest BCUT2D eigenvalue weighted by atomic mass is 32.2. The zero-order chi connectivity index (χ0) is 24.0. The lowest BCUT2D eigenvalue weighted by atomic mass is 10.1. The molecule has 0 bridgehead atoms. The monoisotopic (exact) mass is 483 g/mol. The second-order valence-electron chi connectivity index (χ2n) is 7.22. The standard InChI is InChI=1S/C23H21N3O5S2/c1-15-3-4-17(13-16(15)2)24-22(27)14-23(32-20-9-5-18(6-10-20)25(28)29)33-21-11-7-19(8-12-21)26(30)31/h3-13,23H,14H2,1-2H3,(H,24,27). The van der Waals surface area contributed by atoms with Gasteiger partial charge in [-0.25, -0.2) is 0 Å². The topological polar surface area (TPSA) is 115 Å². The van der Waals surface area contributed by atoms with E-state index in [1.54, 1.807) is 24.3 Å². The smallest absolute Gasteiger partial charge is 0.269 e. The maximum absolute atomic E-state index is 12.8. The minimum absolute atomic E-state index is 0.00796. The van der Waals surface area contributed by atoms with E-state index >= 15 is 0 Å². The second kappa shape index (κ2) is 11.0. The van der Waals surface area contributed by atoms with E-state index in [-0.39, 0.29) is 28.3 Å². The third-order valence-corrected chi connectivity index (χ3v) is 7.30. The van der Waals surface area contributed by atoms with Crippen molar-refractivity contribution >= 4 is 46.5 Å². The molecule has 1 amide bonds. The molecule has 170 valence electrons. The van der Waals surface area contributed by atoms with Crippen LogP contribution in [0.2, 0.25) is 0 Å². The zero-order valence-corrected chi connectivity index (χ0v) is 19.5. The Morgan fingerprint density at radius 1 is 0.818 bits per heavy atom. The summed E-state index contributed by atoms with van der Waals surface area (Å²) in [6, 6.07) is 18.0. The molecule has 0 saturated carbocycles. The van der Waals surface area contributed by atoms with Crippen LogP contribution in [-0.2, 0) is 4.79 Å². The van der Waals surface area contributed by atoms with Gasteiger partial charge in [-0.2, -0.15) is 0 Å². The SMILES string of the molecule is Cc1ccc(NC(=O)CC(Sc2ccc([N+](=O)[O-])cc2)Sc2ccc([N+](=O)[O-])cc2)cc1C. The van der Waals surface area contributed by atoms with Crippen molar-refractivity contribution in [3.63, 3.8) is 0 Å². The van der Waals surface area contributed by atoms with Gasteiger partial charge in [-0.05, 0) is 61.4 Å². The first kappa shape index (κ1) is 24.3. The molecule has 3 rings (SSSR count). The number of amides is 1. The number of non-ortho nitro benzene ring substituents is 2. The molecular weight excluding hydrogens is 462 g/mol. The minimum Gasteiger partial charge on any atom is -0.326 e. The lowest BCUT2D eigenvalue weighted by Gasteiger charge is -2.16. The minimum atomic E-state index is -0.464. The van der Waals surface area contributed by atoms with E-state index < -0.39 is 9.85 Å². The summed E-state index contributed by atoms with van der Waals surface area (Å²) in [5.41, 5.74) is 2.90. The number of thioether (sulfide) groups is 2. The molecule has 0 aliphatic heterocycles. The molecule has 0 aliphatic carbocycles. The number of rotatable bonds is 9. The first-order chi connectivity index (χ1) is 15.7. The number of nitro benzene ring substituents is 2. The number of carbonyl (C=O) groups excluding carboxylic acids is 1. The molecule has 0 heterocycles. The Balaban J connectivity index is 1.75.